The van der Waals surface area contributed by atoms with Crippen molar-refractivity contribution >= 4 is 0 Å². The Morgan fingerprint density at radius 1 is 1.00 bits per heavy atom. The Bertz CT molecular complexity index is 513. The first-order chi connectivity index (χ1) is 10.8. The van der Waals surface area contributed by atoms with Gasteiger partial charge in [0.2, 0.25) is 0 Å². The summed E-state index contributed by atoms with van der Waals surface area (Å²) in [6, 6.07) is 10.1. The zero-order chi connectivity index (χ0) is 16.5. The lowest BCUT2D eigenvalue weighted by Crippen LogP contribution is -2.40. The van der Waals surface area contributed by atoms with Crippen LogP contribution in [-0.4, -0.2) is 43.1 Å². The molecule has 3 rings (SSSR count). The molecule has 3 atom stereocenters. The van der Waals surface area contributed by atoms with Crippen molar-refractivity contribution in [1.82, 2.24) is 0 Å². The van der Waals surface area contributed by atoms with Crippen LogP contribution in [0.2, 0.25) is 0 Å². The van der Waals surface area contributed by atoms with Gasteiger partial charge in [0.1, 0.15) is 18.3 Å². The first-order valence-electron chi connectivity index (χ1n) is 8.14. The highest BCUT2D eigenvalue weighted by molar-refractivity contribution is 5.13. The third-order valence-corrected chi connectivity index (χ3v) is 4.01. The molecular formula is C18H26O5. The van der Waals surface area contributed by atoms with E-state index in [2.05, 4.69) is 0 Å². The van der Waals surface area contributed by atoms with E-state index in [1.807, 2.05) is 58.0 Å². The lowest BCUT2D eigenvalue weighted by atomic mass is 10.1. The second kappa shape index (κ2) is 6.49. The third-order valence-electron chi connectivity index (χ3n) is 4.01. The molecule has 1 aromatic carbocycles. The van der Waals surface area contributed by atoms with Crippen LogP contribution in [0.5, 0.6) is 0 Å². The van der Waals surface area contributed by atoms with Crippen molar-refractivity contribution in [2.75, 3.05) is 13.2 Å². The summed E-state index contributed by atoms with van der Waals surface area (Å²) in [6.45, 7) is 9.18. The van der Waals surface area contributed by atoms with Gasteiger partial charge in [-0.1, -0.05) is 30.3 Å². The summed E-state index contributed by atoms with van der Waals surface area (Å²) in [5, 5.41) is 0. The maximum atomic E-state index is 6.03. The van der Waals surface area contributed by atoms with Gasteiger partial charge in [0.25, 0.3) is 0 Å². The molecule has 0 N–H and O–H groups in total. The molecule has 5 nitrogen and oxygen atoms in total. The summed E-state index contributed by atoms with van der Waals surface area (Å²) < 4.78 is 29.5. The summed E-state index contributed by atoms with van der Waals surface area (Å²) in [7, 11) is 0. The Morgan fingerprint density at radius 2 is 1.74 bits per heavy atom. The molecule has 3 unspecified atom stereocenters. The summed E-state index contributed by atoms with van der Waals surface area (Å²) in [5.74, 6) is -1.21. The highest BCUT2D eigenvalue weighted by Crippen LogP contribution is 2.35. The van der Waals surface area contributed by atoms with Crippen LogP contribution in [0.25, 0.3) is 0 Å². The fourth-order valence-electron chi connectivity index (χ4n) is 3.05. The quantitative estimate of drug-likeness (QED) is 0.834. The second-order valence-electron chi connectivity index (χ2n) is 7.01. The largest absolute Gasteiger partial charge is 0.374 e. The van der Waals surface area contributed by atoms with E-state index in [-0.39, 0.29) is 18.3 Å². The zero-order valence-corrected chi connectivity index (χ0v) is 14.3. The van der Waals surface area contributed by atoms with Gasteiger partial charge >= 0.3 is 0 Å². The SMILES string of the molecule is CC1(C)OCC(C2OC(C)(C)OC2COCc2ccccc2)O1. The Kier molecular flexibility index (Phi) is 4.76. The monoisotopic (exact) mass is 322 g/mol. The van der Waals surface area contributed by atoms with Crippen LogP contribution in [0.1, 0.15) is 33.3 Å². The standard InChI is InChI=1S/C18H26O5/c1-17(2)20-12-15(21-17)16-14(22-18(3,4)23-16)11-19-10-13-8-6-5-7-9-13/h5-9,14-16H,10-12H2,1-4H3. The molecule has 2 heterocycles. The topological polar surface area (TPSA) is 46.2 Å². The molecule has 0 spiro atoms. The number of hydrogen-bond donors (Lipinski definition) is 0. The van der Waals surface area contributed by atoms with E-state index in [0.717, 1.165) is 5.56 Å². The predicted molar refractivity (Wildman–Crippen MR) is 84.8 cm³/mol. The van der Waals surface area contributed by atoms with Crippen molar-refractivity contribution in [2.45, 2.75) is 64.2 Å². The maximum Gasteiger partial charge on any atom is 0.164 e. The van der Waals surface area contributed by atoms with Gasteiger partial charge in [-0.25, -0.2) is 0 Å². The van der Waals surface area contributed by atoms with Crippen molar-refractivity contribution in [3.05, 3.63) is 35.9 Å². The first kappa shape index (κ1) is 16.9. The Morgan fingerprint density at radius 3 is 2.39 bits per heavy atom. The molecule has 128 valence electrons. The van der Waals surface area contributed by atoms with Crippen molar-refractivity contribution < 1.29 is 23.7 Å². The summed E-state index contributed by atoms with van der Waals surface area (Å²) >= 11 is 0. The van der Waals surface area contributed by atoms with E-state index in [4.69, 9.17) is 23.7 Å². The highest BCUT2D eigenvalue weighted by atomic mass is 16.8. The smallest absolute Gasteiger partial charge is 0.164 e. The van der Waals surface area contributed by atoms with Crippen molar-refractivity contribution in [3.63, 3.8) is 0 Å². The third kappa shape index (κ3) is 4.31. The molecule has 23 heavy (non-hydrogen) atoms. The molecule has 5 heteroatoms. The van der Waals surface area contributed by atoms with Crippen molar-refractivity contribution in [3.8, 4) is 0 Å². The lowest BCUT2D eigenvalue weighted by molar-refractivity contribution is -0.175. The number of hydrogen-bond acceptors (Lipinski definition) is 5. The average molecular weight is 322 g/mol. The van der Waals surface area contributed by atoms with E-state index < -0.39 is 11.6 Å². The van der Waals surface area contributed by atoms with Gasteiger partial charge in [0, 0.05) is 0 Å². The normalized spacial score (nSPS) is 32.3. The summed E-state index contributed by atoms with van der Waals surface area (Å²) in [6.07, 6.45) is -0.504. The Balaban J connectivity index is 1.57. The van der Waals surface area contributed by atoms with Gasteiger partial charge in [-0.2, -0.15) is 0 Å². The molecule has 2 saturated heterocycles. The van der Waals surface area contributed by atoms with Gasteiger partial charge in [0.05, 0.1) is 19.8 Å². The first-order valence-corrected chi connectivity index (χ1v) is 8.14. The van der Waals surface area contributed by atoms with Gasteiger partial charge in [0.15, 0.2) is 11.6 Å². The lowest BCUT2D eigenvalue weighted by Gasteiger charge is -2.23. The number of ether oxygens (including phenoxy) is 5. The van der Waals surface area contributed by atoms with Crippen LogP contribution < -0.4 is 0 Å². The minimum Gasteiger partial charge on any atom is -0.374 e. The van der Waals surface area contributed by atoms with Crippen LogP contribution in [0.4, 0.5) is 0 Å². The summed E-state index contributed by atoms with van der Waals surface area (Å²) in [5.41, 5.74) is 1.14. The highest BCUT2D eigenvalue weighted by Gasteiger charge is 2.49. The second-order valence-corrected chi connectivity index (χ2v) is 7.01. The average Bonchev–Trinajstić information content (AvgIpc) is 2.99. The maximum absolute atomic E-state index is 6.03. The molecule has 2 aliphatic rings. The predicted octanol–water partition coefficient (Wildman–Crippen LogP) is 2.87. The van der Waals surface area contributed by atoms with E-state index in [9.17, 15) is 0 Å². The van der Waals surface area contributed by atoms with Crippen molar-refractivity contribution in [2.24, 2.45) is 0 Å². The zero-order valence-electron chi connectivity index (χ0n) is 14.3. The van der Waals surface area contributed by atoms with Gasteiger partial charge in [-0.3, -0.25) is 0 Å². The molecule has 0 saturated carbocycles. The Hall–Kier alpha value is -0.980. The molecule has 1 aromatic rings. The minimum absolute atomic E-state index is 0.142. The van der Waals surface area contributed by atoms with Crippen LogP contribution in [0.15, 0.2) is 30.3 Å². The molecule has 0 aliphatic carbocycles. The molecule has 0 bridgehead atoms. The van der Waals surface area contributed by atoms with Crippen LogP contribution in [0, 0.1) is 0 Å². The molecular weight excluding hydrogens is 296 g/mol. The molecule has 2 aliphatic heterocycles. The number of rotatable bonds is 5. The fourth-order valence-corrected chi connectivity index (χ4v) is 3.05. The van der Waals surface area contributed by atoms with E-state index >= 15 is 0 Å². The van der Waals surface area contributed by atoms with E-state index in [1.165, 1.54) is 0 Å². The molecule has 2 fully saturated rings. The molecule has 0 amide bonds. The van der Waals surface area contributed by atoms with Crippen LogP contribution in [-0.2, 0) is 30.3 Å². The van der Waals surface area contributed by atoms with E-state index in [0.29, 0.717) is 19.8 Å². The molecule has 0 aromatic heterocycles. The minimum atomic E-state index is -0.637. The number of benzene rings is 1. The van der Waals surface area contributed by atoms with Crippen LogP contribution >= 0.6 is 0 Å². The van der Waals surface area contributed by atoms with Crippen LogP contribution in [0.3, 0.4) is 0 Å². The summed E-state index contributed by atoms with van der Waals surface area (Å²) in [4.78, 5) is 0. The van der Waals surface area contributed by atoms with Gasteiger partial charge in [-0.05, 0) is 33.3 Å². The molecule has 0 radical (unpaired) electrons. The Labute approximate surface area is 137 Å². The van der Waals surface area contributed by atoms with Gasteiger partial charge < -0.3 is 23.7 Å². The van der Waals surface area contributed by atoms with E-state index in [1.54, 1.807) is 0 Å². The van der Waals surface area contributed by atoms with Gasteiger partial charge in [-0.15, -0.1) is 0 Å². The van der Waals surface area contributed by atoms with Crippen molar-refractivity contribution in [1.29, 1.82) is 0 Å². The fraction of sp³-hybridized carbons (Fsp3) is 0.667.